The van der Waals surface area contributed by atoms with Crippen LogP contribution >= 0.6 is 11.8 Å². The largest absolute Gasteiger partial charge is 0.464 e. The van der Waals surface area contributed by atoms with Crippen LogP contribution in [0, 0.1) is 0 Å². The van der Waals surface area contributed by atoms with Gasteiger partial charge in [-0.05, 0) is 25.0 Å². The van der Waals surface area contributed by atoms with Crippen molar-refractivity contribution in [1.82, 2.24) is 9.78 Å². The van der Waals surface area contributed by atoms with E-state index in [4.69, 9.17) is 10.5 Å². The van der Waals surface area contributed by atoms with Gasteiger partial charge in [-0.15, -0.1) is 0 Å². The zero-order chi connectivity index (χ0) is 14.2. The van der Waals surface area contributed by atoms with Crippen molar-refractivity contribution in [3.63, 3.8) is 0 Å². The average Bonchev–Trinajstić information content (AvgIpc) is 3.05. The fraction of sp³-hybridized carbons (Fsp3) is 0.692. The first kappa shape index (κ1) is 13.8. The van der Waals surface area contributed by atoms with Crippen molar-refractivity contribution in [2.45, 2.75) is 30.9 Å². The van der Waals surface area contributed by atoms with Crippen molar-refractivity contribution in [2.24, 2.45) is 0 Å². The summed E-state index contributed by atoms with van der Waals surface area (Å²) in [6, 6.07) is 0.239. The third-order valence-electron chi connectivity index (χ3n) is 4.05. The molecule has 0 radical (unpaired) electrons. The van der Waals surface area contributed by atoms with Crippen LogP contribution < -0.4 is 5.73 Å². The lowest BCUT2D eigenvalue weighted by molar-refractivity contribution is -0.0778. The van der Waals surface area contributed by atoms with Crippen LogP contribution in [0.5, 0.6) is 0 Å². The molecule has 1 spiro atoms. The molecule has 2 atom stereocenters. The highest BCUT2D eigenvalue weighted by Crippen LogP contribution is 2.42. The van der Waals surface area contributed by atoms with E-state index >= 15 is 0 Å². The van der Waals surface area contributed by atoms with Gasteiger partial charge in [-0.2, -0.15) is 16.9 Å². The molecule has 2 saturated heterocycles. The van der Waals surface area contributed by atoms with Gasteiger partial charge < -0.3 is 15.2 Å². The highest BCUT2D eigenvalue weighted by molar-refractivity contribution is 7.99. The summed E-state index contributed by atoms with van der Waals surface area (Å²) < 4.78 is 12.5. The number of methoxy groups -OCH3 is 1. The Hall–Kier alpha value is -1.21. The molecule has 20 heavy (non-hydrogen) atoms. The van der Waals surface area contributed by atoms with Gasteiger partial charge in [0, 0.05) is 18.6 Å². The van der Waals surface area contributed by atoms with E-state index in [1.807, 2.05) is 16.4 Å². The zero-order valence-corrected chi connectivity index (χ0v) is 12.3. The number of carbonyl (C=O) groups is 1. The van der Waals surface area contributed by atoms with Gasteiger partial charge >= 0.3 is 5.97 Å². The Bertz CT molecular complexity index is 511. The number of esters is 1. The fourth-order valence-corrected chi connectivity index (χ4v) is 4.32. The molecule has 3 heterocycles. The summed E-state index contributed by atoms with van der Waals surface area (Å²) in [5.41, 5.74) is 6.41. The number of nitrogens with two attached hydrogens (primary N) is 1. The van der Waals surface area contributed by atoms with Crippen molar-refractivity contribution >= 4 is 23.4 Å². The summed E-state index contributed by atoms with van der Waals surface area (Å²) in [7, 11) is 1.33. The second-order valence-corrected chi connectivity index (χ2v) is 6.49. The van der Waals surface area contributed by atoms with Crippen molar-refractivity contribution in [3.05, 3.63) is 11.9 Å². The van der Waals surface area contributed by atoms with Gasteiger partial charge in [0.15, 0.2) is 5.69 Å². The molecule has 2 aliphatic rings. The van der Waals surface area contributed by atoms with Gasteiger partial charge in [-0.3, -0.25) is 4.68 Å². The number of carbonyl (C=O) groups excluding carboxylic acids is 1. The number of nitrogens with zero attached hydrogens (tertiary/aromatic N) is 2. The fourth-order valence-electron chi connectivity index (χ4n) is 2.94. The van der Waals surface area contributed by atoms with Crippen LogP contribution in [0.15, 0.2) is 6.20 Å². The van der Waals surface area contributed by atoms with Gasteiger partial charge in [0.2, 0.25) is 0 Å². The molecule has 1 aromatic heterocycles. The molecule has 0 aliphatic carbocycles. The summed E-state index contributed by atoms with van der Waals surface area (Å²) in [6.45, 7) is 0.735. The van der Waals surface area contributed by atoms with Crippen molar-refractivity contribution < 1.29 is 14.3 Å². The quantitative estimate of drug-likeness (QED) is 0.833. The second-order valence-electron chi connectivity index (χ2n) is 5.39. The average molecular weight is 297 g/mol. The number of rotatable bonds is 2. The molecule has 110 valence electrons. The molecular weight excluding hydrogens is 278 g/mol. The Morgan fingerprint density at radius 3 is 3.25 bits per heavy atom. The van der Waals surface area contributed by atoms with E-state index in [1.165, 1.54) is 7.11 Å². The highest BCUT2D eigenvalue weighted by Gasteiger charge is 2.41. The summed E-state index contributed by atoms with van der Waals surface area (Å²) in [4.78, 5) is 11.6. The first-order valence-electron chi connectivity index (χ1n) is 6.78. The molecule has 0 aromatic carbocycles. The van der Waals surface area contributed by atoms with E-state index in [0.717, 1.165) is 37.4 Å². The maximum atomic E-state index is 11.6. The van der Waals surface area contributed by atoms with Crippen molar-refractivity contribution in [2.75, 3.05) is 31.0 Å². The minimum Gasteiger partial charge on any atom is -0.464 e. The van der Waals surface area contributed by atoms with Gasteiger partial charge in [0.1, 0.15) is 0 Å². The Kier molecular flexibility index (Phi) is 3.64. The molecule has 6 nitrogen and oxygen atoms in total. The number of anilines is 1. The summed E-state index contributed by atoms with van der Waals surface area (Å²) in [5, 5.41) is 4.31. The molecule has 2 unspecified atom stereocenters. The molecule has 3 rings (SSSR count). The first-order chi connectivity index (χ1) is 9.63. The maximum Gasteiger partial charge on any atom is 0.360 e. The minimum absolute atomic E-state index is 0.0142. The Labute approximate surface area is 122 Å². The van der Waals surface area contributed by atoms with Gasteiger partial charge in [-0.1, -0.05) is 0 Å². The number of hydrogen-bond donors (Lipinski definition) is 1. The molecule has 7 heteroatoms. The molecule has 0 bridgehead atoms. The van der Waals surface area contributed by atoms with Crippen LogP contribution in [0.25, 0.3) is 0 Å². The van der Waals surface area contributed by atoms with E-state index in [0.29, 0.717) is 5.69 Å². The number of aromatic nitrogens is 2. The second kappa shape index (κ2) is 5.29. The Morgan fingerprint density at radius 2 is 2.55 bits per heavy atom. The first-order valence-corrected chi connectivity index (χ1v) is 7.94. The van der Waals surface area contributed by atoms with Gasteiger partial charge in [0.05, 0.1) is 24.4 Å². The maximum absolute atomic E-state index is 11.6. The van der Waals surface area contributed by atoms with E-state index in [9.17, 15) is 4.79 Å². The van der Waals surface area contributed by atoms with E-state index in [-0.39, 0.29) is 17.3 Å². The monoisotopic (exact) mass is 297 g/mol. The Morgan fingerprint density at radius 1 is 1.70 bits per heavy atom. The van der Waals surface area contributed by atoms with E-state index in [1.54, 1.807) is 6.20 Å². The smallest absolute Gasteiger partial charge is 0.360 e. The molecule has 1 aromatic rings. The minimum atomic E-state index is -0.487. The standard InChI is InChI=1S/C13H19N3O3S/c1-18-12(17)11-10(14)7-16(15-11)9-2-4-19-13(6-9)3-5-20-8-13/h7,9H,2-6,8,14H2,1H3. The predicted octanol–water partition coefficient (Wildman–Crippen LogP) is 1.48. The van der Waals surface area contributed by atoms with Crippen LogP contribution in [0.4, 0.5) is 5.69 Å². The summed E-state index contributed by atoms with van der Waals surface area (Å²) >= 11 is 1.94. The number of thioether (sulfide) groups is 1. The number of ether oxygens (including phenoxy) is 2. The van der Waals surface area contributed by atoms with Gasteiger partial charge in [-0.25, -0.2) is 4.79 Å². The van der Waals surface area contributed by atoms with Crippen LogP contribution in [0.2, 0.25) is 0 Å². The van der Waals surface area contributed by atoms with Gasteiger partial charge in [0.25, 0.3) is 0 Å². The third kappa shape index (κ3) is 2.40. The SMILES string of the molecule is COC(=O)c1nn(C2CCOC3(CCSC3)C2)cc1N. The lowest BCUT2D eigenvalue weighted by atomic mass is 9.90. The molecule has 2 aliphatic heterocycles. The number of nitrogen functional groups attached to an aromatic ring is 1. The molecular formula is C13H19N3O3S. The van der Waals surface area contributed by atoms with Crippen LogP contribution in [-0.4, -0.2) is 46.6 Å². The lowest BCUT2D eigenvalue weighted by Gasteiger charge is -2.37. The zero-order valence-electron chi connectivity index (χ0n) is 11.5. The summed E-state index contributed by atoms with van der Waals surface area (Å²) in [6.07, 6.45) is 4.66. The molecule has 0 amide bonds. The van der Waals surface area contributed by atoms with Crippen molar-refractivity contribution in [1.29, 1.82) is 0 Å². The van der Waals surface area contributed by atoms with Crippen LogP contribution in [0.3, 0.4) is 0 Å². The highest BCUT2D eigenvalue weighted by atomic mass is 32.2. The third-order valence-corrected chi connectivity index (χ3v) is 5.27. The van der Waals surface area contributed by atoms with Crippen LogP contribution in [0.1, 0.15) is 35.8 Å². The molecule has 0 saturated carbocycles. The molecule has 2 fully saturated rings. The van der Waals surface area contributed by atoms with E-state index in [2.05, 4.69) is 9.84 Å². The lowest BCUT2D eigenvalue weighted by Crippen LogP contribution is -2.40. The predicted molar refractivity (Wildman–Crippen MR) is 76.9 cm³/mol. The normalized spacial score (nSPS) is 29.8. The summed E-state index contributed by atoms with van der Waals surface area (Å²) in [5.74, 6) is 1.71. The molecule has 2 N–H and O–H groups in total. The topological polar surface area (TPSA) is 79.4 Å². The van der Waals surface area contributed by atoms with Crippen molar-refractivity contribution in [3.8, 4) is 0 Å². The van der Waals surface area contributed by atoms with Crippen LogP contribution in [-0.2, 0) is 9.47 Å². The Balaban J connectivity index is 1.80. The van der Waals surface area contributed by atoms with E-state index < -0.39 is 5.97 Å². The number of hydrogen-bond acceptors (Lipinski definition) is 6.